The number of carbonyl (C=O) groups excluding carboxylic acids is 2. The molecule has 13 heteroatoms. The summed E-state index contributed by atoms with van der Waals surface area (Å²) in [6.45, 7) is 2.31. The van der Waals surface area contributed by atoms with Crippen LogP contribution in [0.3, 0.4) is 0 Å². The Morgan fingerprint density at radius 3 is 2.62 bits per heavy atom. The molecule has 1 fully saturated rings. The van der Waals surface area contributed by atoms with Gasteiger partial charge in [-0.2, -0.15) is 10.1 Å². The number of aromatic nitrogens is 5. The lowest BCUT2D eigenvalue weighted by atomic mass is 10.1. The summed E-state index contributed by atoms with van der Waals surface area (Å²) in [7, 11) is 1.39. The molecule has 0 bridgehead atoms. The lowest BCUT2D eigenvalue weighted by Crippen LogP contribution is -2.40. The summed E-state index contributed by atoms with van der Waals surface area (Å²) in [6, 6.07) is 0. The summed E-state index contributed by atoms with van der Waals surface area (Å²) >= 11 is 3.35. The number of esters is 2. The van der Waals surface area contributed by atoms with Crippen molar-refractivity contribution < 1.29 is 28.5 Å². The van der Waals surface area contributed by atoms with Crippen molar-refractivity contribution in [3.63, 3.8) is 0 Å². The first-order valence-electron chi connectivity index (χ1n) is 8.44. The smallest absolute Gasteiger partial charge is 0.351 e. The highest BCUT2D eigenvalue weighted by Crippen LogP contribution is 2.33. The van der Waals surface area contributed by atoms with Crippen molar-refractivity contribution in [1.29, 1.82) is 0 Å². The molecule has 3 rings (SSSR count). The Morgan fingerprint density at radius 1 is 1.28 bits per heavy atom. The zero-order valence-corrected chi connectivity index (χ0v) is 17.3. The largest absolute Gasteiger partial charge is 0.463 e. The molecule has 1 saturated heterocycles. The number of hydrogen-bond acceptors (Lipinski definition) is 10. The Kier molecular flexibility index (Phi) is 6.39. The molecule has 1 aliphatic heterocycles. The van der Waals surface area contributed by atoms with Crippen LogP contribution in [0.25, 0.3) is 5.82 Å². The second-order valence-electron chi connectivity index (χ2n) is 6.08. The van der Waals surface area contributed by atoms with Crippen LogP contribution in [0.1, 0.15) is 20.1 Å². The first kappa shape index (κ1) is 21.1. The van der Waals surface area contributed by atoms with Crippen molar-refractivity contribution in [3.8, 4) is 5.82 Å². The van der Waals surface area contributed by atoms with Gasteiger partial charge in [-0.1, -0.05) is 0 Å². The van der Waals surface area contributed by atoms with Gasteiger partial charge in [-0.25, -0.2) is 14.5 Å². The highest BCUT2D eigenvalue weighted by Gasteiger charge is 2.49. The molecular formula is C16H18BrN5O7. The van der Waals surface area contributed by atoms with Crippen LogP contribution < -0.4 is 5.69 Å². The Labute approximate surface area is 172 Å². The molecule has 3 heterocycles. The van der Waals surface area contributed by atoms with Gasteiger partial charge in [0.15, 0.2) is 18.1 Å². The third-order valence-corrected chi connectivity index (χ3v) is 4.67. The lowest BCUT2D eigenvalue weighted by Gasteiger charge is -2.23. The zero-order chi connectivity index (χ0) is 21.1. The summed E-state index contributed by atoms with van der Waals surface area (Å²) < 4.78 is 24.6. The van der Waals surface area contributed by atoms with Crippen LogP contribution in [0.15, 0.2) is 28.1 Å². The number of nitrogens with zero attached hydrogens (tertiary/aromatic N) is 5. The monoisotopic (exact) mass is 471 g/mol. The summed E-state index contributed by atoms with van der Waals surface area (Å²) in [5.41, 5.74) is -0.652. The van der Waals surface area contributed by atoms with Gasteiger partial charge >= 0.3 is 17.6 Å². The zero-order valence-electron chi connectivity index (χ0n) is 15.7. The van der Waals surface area contributed by atoms with Crippen molar-refractivity contribution in [3.05, 3.63) is 33.8 Å². The lowest BCUT2D eigenvalue weighted by molar-refractivity contribution is -0.157. The van der Waals surface area contributed by atoms with Crippen LogP contribution in [0.5, 0.6) is 0 Å². The summed E-state index contributed by atoms with van der Waals surface area (Å²) in [6.07, 6.45) is 0.605. The quantitative estimate of drug-likeness (QED) is 0.528. The van der Waals surface area contributed by atoms with Gasteiger partial charge < -0.3 is 18.9 Å². The topological polar surface area (TPSA) is 137 Å². The number of hydrogen-bond donors (Lipinski definition) is 0. The highest BCUT2D eigenvalue weighted by molar-refractivity contribution is 9.10. The molecule has 2 aromatic heterocycles. The first-order valence-corrected chi connectivity index (χ1v) is 9.23. The van der Waals surface area contributed by atoms with E-state index in [4.69, 9.17) is 18.9 Å². The molecule has 2 aromatic rings. The second kappa shape index (κ2) is 8.80. The third-order valence-electron chi connectivity index (χ3n) is 4.11. The molecule has 0 aliphatic carbocycles. The van der Waals surface area contributed by atoms with E-state index in [2.05, 4.69) is 31.0 Å². The Morgan fingerprint density at radius 2 is 2.03 bits per heavy atom. The summed E-state index contributed by atoms with van der Waals surface area (Å²) in [5, 5.41) is 3.95. The summed E-state index contributed by atoms with van der Waals surface area (Å²) in [4.78, 5) is 43.2. The first-order chi connectivity index (χ1) is 13.8. The molecule has 0 saturated carbocycles. The average molecular weight is 472 g/mol. The van der Waals surface area contributed by atoms with E-state index in [0.717, 1.165) is 0 Å². The minimum Gasteiger partial charge on any atom is -0.463 e. The molecular weight excluding hydrogens is 454 g/mol. The van der Waals surface area contributed by atoms with Crippen LogP contribution in [0.4, 0.5) is 0 Å². The van der Waals surface area contributed by atoms with E-state index in [9.17, 15) is 14.4 Å². The van der Waals surface area contributed by atoms with E-state index >= 15 is 0 Å². The van der Waals surface area contributed by atoms with E-state index in [1.807, 2.05) is 0 Å². The predicted molar refractivity (Wildman–Crippen MR) is 98.0 cm³/mol. The van der Waals surface area contributed by atoms with E-state index in [0.29, 0.717) is 4.47 Å². The highest BCUT2D eigenvalue weighted by atomic mass is 79.9. The van der Waals surface area contributed by atoms with Crippen LogP contribution in [-0.4, -0.2) is 68.3 Å². The average Bonchev–Trinajstić information content (AvgIpc) is 3.29. The number of carbonyl (C=O) groups is 2. The molecule has 1 aliphatic rings. The molecule has 2 unspecified atom stereocenters. The van der Waals surface area contributed by atoms with Gasteiger partial charge in [-0.05, 0) is 15.9 Å². The van der Waals surface area contributed by atoms with Crippen LogP contribution in [-0.2, 0) is 28.5 Å². The fourth-order valence-corrected chi connectivity index (χ4v) is 3.44. The van der Waals surface area contributed by atoms with Crippen molar-refractivity contribution in [2.75, 3.05) is 13.7 Å². The number of halogens is 1. The standard InChI is InChI=1S/C16H18BrN5O7/c1-8(23)27-5-11-12(28-9(2)24)13(26-3)15(29-11)21-4-10(17)14(20-16(21)25)22-7-18-6-19-22/h4,6-7,11-13,15H,5H2,1-3H3/t11-,12?,13?,15-/m1/s1. The minimum absolute atomic E-state index is 0.177. The number of ether oxygens (including phenoxy) is 4. The fourth-order valence-electron chi connectivity index (χ4n) is 2.95. The Balaban J connectivity index is 1.96. The predicted octanol–water partition coefficient (Wildman–Crippen LogP) is -0.00630. The van der Waals surface area contributed by atoms with Gasteiger partial charge in [-0.3, -0.25) is 14.2 Å². The molecule has 0 amide bonds. The molecule has 156 valence electrons. The van der Waals surface area contributed by atoms with Crippen molar-refractivity contribution >= 4 is 27.9 Å². The molecule has 0 spiro atoms. The van der Waals surface area contributed by atoms with Gasteiger partial charge in [0.1, 0.15) is 31.5 Å². The molecule has 12 nitrogen and oxygen atoms in total. The van der Waals surface area contributed by atoms with Crippen molar-refractivity contribution in [2.45, 2.75) is 38.4 Å². The van der Waals surface area contributed by atoms with E-state index in [-0.39, 0.29) is 12.4 Å². The molecule has 0 radical (unpaired) electrons. The molecule has 0 N–H and O–H groups in total. The van der Waals surface area contributed by atoms with Gasteiger partial charge in [0.2, 0.25) is 0 Å². The van der Waals surface area contributed by atoms with Gasteiger partial charge in [0.05, 0.1) is 4.47 Å². The van der Waals surface area contributed by atoms with Crippen LogP contribution in [0.2, 0.25) is 0 Å². The molecule has 0 aromatic carbocycles. The maximum Gasteiger partial charge on any atom is 0.351 e. The van der Waals surface area contributed by atoms with E-state index in [1.54, 1.807) is 0 Å². The SMILES string of the molecule is COC1C(OC(C)=O)[C@@H](COC(C)=O)O[C@H]1n1cc(Br)c(-n2cncn2)nc1=O. The third kappa shape index (κ3) is 4.52. The van der Waals surface area contributed by atoms with E-state index < -0.39 is 42.2 Å². The van der Waals surface area contributed by atoms with Crippen LogP contribution in [0, 0.1) is 0 Å². The summed E-state index contributed by atoms with van der Waals surface area (Å²) in [5.74, 6) is -0.850. The Bertz CT molecular complexity index is 948. The number of rotatable bonds is 6. The normalized spacial score (nSPS) is 23.7. The van der Waals surface area contributed by atoms with Gasteiger partial charge in [-0.15, -0.1) is 0 Å². The Hall–Kier alpha value is -2.64. The second-order valence-corrected chi connectivity index (χ2v) is 6.94. The van der Waals surface area contributed by atoms with Crippen molar-refractivity contribution in [2.24, 2.45) is 0 Å². The van der Waals surface area contributed by atoms with Gasteiger partial charge in [0, 0.05) is 27.2 Å². The van der Waals surface area contributed by atoms with E-state index in [1.165, 1.54) is 49.1 Å². The van der Waals surface area contributed by atoms with Crippen molar-refractivity contribution in [1.82, 2.24) is 24.3 Å². The van der Waals surface area contributed by atoms with Gasteiger partial charge in [0.25, 0.3) is 0 Å². The fraction of sp³-hybridized carbons (Fsp3) is 0.500. The maximum absolute atomic E-state index is 12.7. The van der Waals surface area contributed by atoms with Crippen LogP contribution >= 0.6 is 15.9 Å². The molecule has 4 atom stereocenters. The minimum atomic E-state index is -0.981. The number of methoxy groups -OCH3 is 1. The molecule has 29 heavy (non-hydrogen) atoms. The maximum atomic E-state index is 12.7.